The zero-order chi connectivity index (χ0) is 16.0. The highest BCUT2D eigenvalue weighted by Gasteiger charge is 2.24. The second kappa shape index (κ2) is 7.26. The Hall–Kier alpha value is -1.82. The molecule has 0 bridgehead atoms. The molecular weight excluding hydrogens is 296 g/mol. The van der Waals surface area contributed by atoms with Crippen molar-refractivity contribution in [2.24, 2.45) is 0 Å². The summed E-state index contributed by atoms with van der Waals surface area (Å²) in [6.45, 7) is 5.11. The highest BCUT2D eigenvalue weighted by atomic mass is 35.5. The van der Waals surface area contributed by atoms with Crippen LogP contribution in [0.5, 0.6) is 0 Å². The van der Waals surface area contributed by atoms with Crippen LogP contribution in [0.1, 0.15) is 32.9 Å². The second-order valence-electron chi connectivity index (χ2n) is 5.51. The lowest BCUT2D eigenvalue weighted by Gasteiger charge is -2.22. The van der Waals surface area contributed by atoms with E-state index in [1.807, 2.05) is 0 Å². The Kier molecular flexibility index (Phi) is 5.96. The third-order valence-electron chi connectivity index (χ3n) is 2.49. The van der Waals surface area contributed by atoms with E-state index < -0.39 is 23.7 Å². The van der Waals surface area contributed by atoms with Gasteiger partial charge in [-0.15, -0.1) is 0 Å². The number of amides is 1. The molecule has 1 atom stereocenters. The van der Waals surface area contributed by atoms with E-state index >= 15 is 0 Å². The molecule has 116 valence electrons. The molecule has 1 heterocycles. The number of hydrogen-bond donors (Lipinski definition) is 2. The zero-order valence-corrected chi connectivity index (χ0v) is 13.0. The van der Waals surface area contributed by atoms with Crippen molar-refractivity contribution >= 4 is 23.7 Å². The van der Waals surface area contributed by atoms with E-state index in [0.717, 1.165) is 0 Å². The van der Waals surface area contributed by atoms with Crippen LogP contribution in [0.15, 0.2) is 18.3 Å². The predicted molar refractivity (Wildman–Crippen MR) is 78.4 cm³/mol. The molecule has 0 aliphatic rings. The van der Waals surface area contributed by atoms with Crippen molar-refractivity contribution in [2.45, 2.75) is 45.3 Å². The average Bonchev–Trinajstić information content (AvgIpc) is 2.33. The lowest BCUT2D eigenvalue weighted by molar-refractivity contribution is -0.139. The van der Waals surface area contributed by atoms with E-state index in [4.69, 9.17) is 21.4 Å². The van der Waals surface area contributed by atoms with Crippen molar-refractivity contribution in [3.05, 3.63) is 29.0 Å². The van der Waals surface area contributed by atoms with Crippen LogP contribution < -0.4 is 5.32 Å². The topological polar surface area (TPSA) is 88.5 Å². The standard InChI is InChI=1S/C14H19ClN2O4/c1-14(2,3)21-13(20)17-11(12(18)19)7-6-10-9(15)5-4-8-16-10/h4-5,8,11H,6-7H2,1-3H3,(H,17,20)(H,18,19)/t11-/m1/s1. The second-order valence-corrected chi connectivity index (χ2v) is 5.91. The molecule has 0 saturated carbocycles. The number of hydrogen-bond acceptors (Lipinski definition) is 4. The summed E-state index contributed by atoms with van der Waals surface area (Å²) in [7, 11) is 0. The minimum absolute atomic E-state index is 0.172. The van der Waals surface area contributed by atoms with Crippen molar-refractivity contribution in [3.63, 3.8) is 0 Å². The Morgan fingerprint density at radius 3 is 2.67 bits per heavy atom. The molecule has 0 radical (unpaired) electrons. The first-order valence-electron chi connectivity index (χ1n) is 6.51. The van der Waals surface area contributed by atoms with Crippen molar-refractivity contribution in [2.75, 3.05) is 0 Å². The van der Waals surface area contributed by atoms with Gasteiger partial charge in [0.2, 0.25) is 0 Å². The summed E-state index contributed by atoms with van der Waals surface area (Å²) in [5, 5.41) is 11.9. The number of rotatable bonds is 5. The summed E-state index contributed by atoms with van der Waals surface area (Å²) in [5.41, 5.74) is -0.0892. The molecule has 0 unspecified atom stereocenters. The van der Waals surface area contributed by atoms with Gasteiger partial charge in [0.1, 0.15) is 11.6 Å². The molecule has 0 spiro atoms. The zero-order valence-electron chi connectivity index (χ0n) is 12.2. The minimum Gasteiger partial charge on any atom is -0.480 e. The van der Waals surface area contributed by atoms with Gasteiger partial charge in [-0.3, -0.25) is 4.98 Å². The van der Waals surface area contributed by atoms with Gasteiger partial charge in [-0.1, -0.05) is 11.6 Å². The minimum atomic E-state index is -1.13. The Labute approximate surface area is 128 Å². The molecular formula is C14H19ClN2O4. The number of nitrogens with zero attached hydrogens (tertiary/aromatic N) is 1. The van der Waals surface area contributed by atoms with E-state index in [0.29, 0.717) is 17.1 Å². The van der Waals surface area contributed by atoms with Crippen LogP contribution in [0.4, 0.5) is 4.79 Å². The Morgan fingerprint density at radius 1 is 1.48 bits per heavy atom. The van der Waals surface area contributed by atoms with E-state index in [2.05, 4.69) is 10.3 Å². The summed E-state index contributed by atoms with van der Waals surface area (Å²) >= 11 is 5.96. The van der Waals surface area contributed by atoms with Gasteiger partial charge in [-0.25, -0.2) is 9.59 Å². The molecule has 2 N–H and O–H groups in total. The fourth-order valence-electron chi connectivity index (χ4n) is 1.59. The summed E-state index contributed by atoms with van der Waals surface area (Å²) in [6, 6.07) is 2.32. The van der Waals surface area contributed by atoms with Crippen molar-refractivity contribution in [3.8, 4) is 0 Å². The first-order valence-corrected chi connectivity index (χ1v) is 6.88. The summed E-state index contributed by atoms with van der Waals surface area (Å²) < 4.78 is 5.04. The number of nitrogens with one attached hydrogen (secondary N) is 1. The maximum Gasteiger partial charge on any atom is 0.408 e. The van der Waals surface area contributed by atoms with Gasteiger partial charge in [-0.05, 0) is 45.7 Å². The molecule has 0 aromatic carbocycles. The van der Waals surface area contributed by atoms with Gasteiger partial charge >= 0.3 is 12.1 Å². The normalized spacial score (nSPS) is 12.6. The molecule has 1 aromatic rings. The lowest BCUT2D eigenvalue weighted by Crippen LogP contribution is -2.43. The van der Waals surface area contributed by atoms with E-state index in [1.54, 1.807) is 39.1 Å². The maximum absolute atomic E-state index is 11.6. The van der Waals surface area contributed by atoms with Gasteiger partial charge in [-0.2, -0.15) is 0 Å². The highest BCUT2D eigenvalue weighted by molar-refractivity contribution is 6.31. The van der Waals surface area contributed by atoms with E-state index in [9.17, 15) is 9.59 Å². The Bertz CT molecular complexity index is 514. The van der Waals surface area contributed by atoms with Gasteiger partial charge in [0.15, 0.2) is 0 Å². The maximum atomic E-state index is 11.6. The third kappa shape index (κ3) is 6.44. The number of carbonyl (C=O) groups is 2. The number of carboxylic acid groups (broad SMARTS) is 1. The number of halogens is 1. The molecule has 21 heavy (non-hydrogen) atoms. The van der Waals surface area contributed by atoms with E-state index in [1.165, 1.54) is 0 Å². The Balaban J connectivity index is 2.61. The average molecular weight is 315 g/mol. The fourth-order valence-corrected chi connectivity index (χ4v) is 1.81. The molecule has 6 nitrogen and oxygen atoms in total. The molecule has 1 amide bonds. The molecule has 1 rings (SSSR count). The van der Waals surface area contributed by atoms with Crippen LogP contribution in [0.3, 0.4) is 0 Å². The number of ether oxygens (including phenoxy) is 1. The quantitative estimate of drug-likeness (QED) is 0.872. The summed E-state index contributed by atoms with van der Waals surface area (Å²) in [5.74, 6) is -1.13. The van der Waals surface area contributed by atoms with Gasteiger partial charge in [0.25, 0.3) is 0 Å². The van der Waals surface area contributed by atoms with Crippen LogP contribution in [-0.4, -0.2) is 33.8 Å². The van der Waals surface area contributed by atoms with Crippen LogP contribution in [-0.2, 0) is 16.0 Å². The molecule has 1 aromatic heterocycles. The smallest absolute Gasteiger partial charge is 0.408 e. The fraction of sp³-hybridized carbons (Fsp3) is 0.500. The predicted octanol–water partition coefficient (Wildman–Crippen LogP) is 2.65. The number of alkyl carbamates (subject to hydrolysis) is 1. The van der Waals surface area contributed by atoms with Crippen molar-refractivity contribution in [1.82, 2.24) is 10.3 Å². The van der Waals surface area contributed by atoms with Gasteiger partial charge in [0.05, 0.1) is 10.7 Å². The number of aliphatic carboxylic acids is 1. The third-order valence-corrected chi connectivity index (χ3v) is 2.84. The number of pyridine rings is 1. The number of aromatic nitrogens is 1. The van der Waals surface area contributed by atoms with Crippen LogP contribution >= 0.6 is 11.6 Å². The summed E-state index contributed by atoms with van der Waals surface area (Å²) in [4.78, 5) is 26.9. The Morgan fingerprint density at radius 2 is 2.14 bits per heavy atom. The largest absolute Gasteiger partial charge is 0.480 e. The van der Waals surface area contributed by atoms with Crippen LogP contribution in [0.25, 0.3) is 0 Å². The van der Waals surface area contributed by atoms with Crippen molar-refractivity contribution < 1.29 is 19.4 Å². The van der Waals surface area contributed by atoms with Crippen LogP contribution in [0, 0.1) is 0 Å². The number of carboxylic acids is 1. The van der Waals surface area contributed by atoms with Gasteiger partial charge < -0.3 is 15.2 Å². The molecule has 0 aliphatic heterocycles. The first-order chi connectivity index (χ1) is 9.69. The number of aryl methyl sites for hydroxylation is 1. The summed E-state index contributed by atoms with van der Waals surface area (Å²) in [6.07, 6.45) is 1.33. The van der Waals surface area contributed by atoms with E-state index in [-0.39, 0.29) is 6.42 Å². The van der Waals surface area contributed by atoms with Crippen molar-refractivity contribution in [1.29, 1.82) is 0 Å². The molecule has 0 saturated heterocycles. The number of carbonyl (C=O) groups excluding carboxylic acids is 1. The first kappa shape index (κ1) is 17.2. The molecule has 7 heteroatoms. The monoisotopic (exact) mass is 314 g/mol. The molecule has 0 fully saturated rings. The van der Waals surface area contributed by atoms with Crippen LogP contribution in [0.2, 0.25) is 5.02 Å². The molecule has 0 aliphatic carbocycles. The SMILES string of the molecule is CC(C)(C)OC(=O)N[C@H](CCc1ncccc1Cl)C(=O)O. The lowest BCUT2D eigenvalue weighted by atomic mass is 10.1. The highest BCUT2D eigenvalue weighted by Crippen LogP contribution is 2.15. The van der Waals surface area contributed by atoms with Gasteiger partial charge in [0, 0.05) is 6.20 Å².